The molecule has 98 valence electrons. The summed E-state index contributed by atoms with van der Waals surface area (Å²) in [4.78, 5) is 14.8. The predicted molar refractivity (Wildman–Crippen MR) is 69.8 cm³/mol. The Balaban J connectivity index is 2.22. The molecule has 1 aliphatic carbocycles. The molecule has 17 heavy (non-hydrogen) atoms. The van der Waals surface area contributed by atoms with Crippen molar-refractivity contribution < 1.29 is 4.79 Å². The van der Waals surface area contributed by atoms with E-state index in [0.717, 1.165) is 13.1 Å². The fourth-order valence-corrected chi connectivity index (χ4v) is 2.99. The van der Waals surface area contributed by atoms with Crippen molar-refractivity contribution in [1.29, 1.82) is 0 Å². The van der Waals surface area contributed by atoms with E-state index in [0.29, 0.717) is 6.04 Å². The number of rotatable bonds is 1. The molecule has 3 nitrogen and oxygen atoms in total. The number of carbonyl (C=O) groups excluding carboxylic acids is 1. The molecule has 0 aromatic rings. The largest absolute Gasteiger partial charge is 0.338 e. The van der Waals surface area contributed by atoms with Gasteiger partial charge in [-0.05, 0) is 32.1 Å². The van der Waals surface area contributed by atoms with Crippen LogP contribution >= 0.6 is 0 Å². The van der Waals surface area contributed by atoms with E-state index in [1.54, 1.807) is 0 Å². The van der Waals surface area contributed by atoms with Crippen molar-refractivity contribution in [3.63, 3.8) is 0 Å². The van der Waals surface area contributed by atoms with Crippen LogP contribution in [-0.4, -0.2) is 35.5 Å². The zero-order valence-electron chi connectivity index (χ0n) is 11.7. The summed E-state index contributed by atoms with van der Waals surface area (Å²) >= 11 is 0. The van der Waals surface area contributed by atoms with Crippen LogP contribution in [-0.2, 0) is 4.79 Å². The lowest BCUT2D eigenvalue weighted by atomic mass is 9.92. The first-order valence-electron chi connectivity index (χ1n) is 6.88. The van der Waals surface area contributed by atoms with Crippen LogP contribution in [0.1, 0.15) is 53.4 Å². The van der Waals surface area contributed by atoms with Gasteiger partial charge in [-0.1, -0.05) is 26.7 Å². The van der Waals surface area contributed by atoms with Crippen molar-refractivity contribution in [2.45, 2.75) is 65.0 Å². The molecule has 1 heterocycles. The molecule has 2 aliphatic rings. The van der Waals surface area contributed by atoms with Crippen LogP contribution in [0, 0.1) is 5.41 Å². The second-order valence-corrected chi connectivity index (χ2v) is 7.01. The average molecular weight is 238 g/mol. The van der Waals surface area contributed by atoms with Crippen LogP contribution in [0.5, 0.6) is 0 Å². The van der Waals surface area contributed by atoms with E-state index in [-0.39, 0.29) is 11.3 Å². The third kappa shape index (κ3) is 2.65. The van der Waals surface area contributed by atoms with E-state index < -0.39 is 5.54 Å². The minimum Gasteiger partial charge on any atom is -0.338 e. The van der Waals surface area contributed by atoms with Gasteiger partial charge in [-0.15, -0.1) is 0 Å². The minimum atomic E-state index is -0.406. The third-order valence-corrected chi connectivity index (χ3v) is 4.17. The molecule has 2 rings (SSSR count). The van der Waals surface area contributed by atoms with Crippen molar-refractivity contribution in [3.8, 4) is 0 Å². The third-order valence-electron chi connectivity index (χ3n) is 4.17. The molecular weight excluding hydrogens is 212 g/mol. The van der Waals surface area contributed by atoms with Gasteiger partial charge < -0.3 is 10.2 Å². The maximum atomic E-state index is 12.6. The van der Waals surface area contributed by atoms with Gasteiger partial charge in [-0.3, -0.25) is 4.79 Å². The predicted octanol–water partition coefficient (Wildman–Crippen LogP) is 2.17. The highest BCUT2D eigenvalue weighted by Crippen LogP contribution is 2.31. The second-order valence-electron chi connectivity index (χ2n) is 7.01. The van der Waals surface area contributed by atoms with Gasteiger partial charge >= 0.3 is 0 Å². The first kappa shape index (κ1) is 12.9. The van der Waals surface area contributed by atoms with Crippen LogP contribution < -0.4 is 5.32 Å². The maximum absolute atomic E-state index is 12.6. The summed E-state index contributed by atoms with van der Waals surface area (Å²) < 4.78 is 0. The van der Waals surface area contributed by atoms with E-state index in [2.05, 4.69) is 24.1 Å². The molecule has 0 aromatic heterocycles. The van der Waals surface area contributed by atoms with Crippen molar-refractivity contribution in [2.75, 3.05) is 13.1 Å². The summed E-state index contributed by atoms with van der Waals surface area (Å²) in [6, 6.07) is 0.487. The zero-order chi connectivity index (χ0) is 12.7. The van der Waals surface area contributed by atoms with Crippen LogP contribution in [0.25, 0.3) is 0 Å². The van der Waals surface area contributed by atoms with Gasteiger partial charge in [0.25, 0.3) is 0 Å². The van der Waals surface area contributed by atoms with Crippen LogP contribution in [0.3, 0.4) is 0 Å². The van der Waals surface area contributed by atoms with Gasteiger partial charge in [0, 0.05) is 19.1 Å². The topological polar surface area (TPSA) is 32.3 Å². The molecule has 0 radical (unpaired) electrons. The Labute approximate surface area is 105 Å². The van der Waals surface area contributed by atoms with E-state index in [9.17, 15) is 4.79 Å². The van der Waals surface area contributed by atoms with Crippen molar-refractivity contribution in [1.82, 2.24) is 10.2 Å². The number of nitrogens with one attached hydrogen (secondary N) is 1. The molecule has 0 bridgehead atoms. The monoisotopic (exact) mass is 238 g/mol. The Bertz CT molecular complexity index is 303. The van der Waals surface area contributed by atoms with Crippen LogP contribution in [0.4, 0.5) is 0 Å². The quantitative estimate of drug-likeness (QED) is 0.759. The number of carbonyl (C=O) groups is 1. The summed E-state index contributed by atoms with van der Waals surface area (Å²) in [6.07, 6.45) is 4.95. The van der Waals surface area contributed by atoms with E-state index in [1.807, 2.05) is 13.8 Å². The van der Waals surface area contributed by atoms with E-state index >= 15 is 0 Å². The van der Waals surface area contributed by atoms with Gasteiger partial charge in [-0.2, -0.15) is 0 Å². The van der Waals surface area contributed by atoms with Crippen LogP contribution in [0.2, 0.25) is 0 Å². The fourth-order valence-electron chi connectivity index (χ4n) is 2.99. The highest BCUT2D eigenvalue weighted by atomic mass is 16.2. The molecule has 0 atom stereocenters. The molecule has 1 amide bonds. The molecule has 1 aliphatic heterocycles. The zero-order valence-corrected chi connectivity index (χ0v) is 11.7. The number of hydrogen-bond acceptors (Lipinski definition) is 2. The lowest BCUT2D eigenvalue weighted by molar-refractivity contribution is -0.139. The molecule has 2 fully saturated rings. The summed E-state index contributed by atoms with van der Waals surface area (Å²) in [5.41, 5.74) is -0.234. The molecule has 1 saturated carbocycles. The normalized spacial score (nSPS) is 29.4. The molecule has 1 saturated heterocycles. The highest BCUT2D eigenvalue weighted by molar-refractivity contribution is 5.86. The molecular formula is C14H26N2O. The van der Waals surface area contributed by atoms with E-state index in [4.69, 9.17) is 0 Å². The van der Waals surface area contributed by atoms with Gasteiger partial charge in [0.2, 0.25) is 5.91 Å². The van der Waals surface area contributed by atoms with Gasteiger partial charge in [0.05, 0.1) is 5.54 Å². The number of nitrogens with zero attached hydrogens (tertiary/aromatic N) is 1. The fraction of sp³-hybridized carbons (Fsp3) is 0.929. The molecule has 0 unspecified atom stereocenters. The van der Waals surface area contributed by atoms with Gasteiger partial charge in [-0.25, -0.2) is 0 Å². The Morgan fingerprint density at radius 3 is 2.35 bits per heavy atom. The SMILES string of the molecule is CC1(C)CNC(C)(C)C(=O)N(C2CCCC2)C1. The first-order chi connectivity index (χ1) is 7.82. The minimum absolute atomic E-state index is 0.173. The Morgan fingerprint density at radius 1 is 1.18 bits per heavy atom. The summed E-state index contributed by atoms with van der Waals surface area (Å²) in [5, 5.41) is 3.42. The number of amides is 1. The van der Waals surface area contributed by atoms with Crippen molar-refractivity contribution in [3.05, 3.63) is 0 Å². The van der Waals surface area contributed by atoms with E-state index in [1.165, 1.54) is 25.7 Å². The number of hydrogen-bond donors (Lipinski definition) is 1. The highest BCUT2D eigenvalue weighted by Gasteiger charge is 2.42. The summed E-state index contributed by atoms with van der Waals surface area (Å²) in [6.45, 7) is 10.3. The lowest BCUT2D eigenvalue weighted by Crippen LogP contribution is -2.53. The average Bonchev–Trinajstić information content (AvgIpc) is 2.73. The Hall–Kier alpha value is -0.570. The molecule has 3 heteroatoms. The van der Waals surface area contributed by atoms with Crippen molar-refractivity contribution >= 4 is 5.91 Å². The molecule has 0 aromatic carbocycles. The maximum Gasteiger partial charge on any atom is 0.242 e. The van der Waals surface area contributed by atoms with Crippen molar-refractivity contribution in [2.24, 2.45) is 5.41 Å². The smallest absolute Gasteiger partial charge is 0.242 e. The van der Waals surface area contributed by atoms with Gasteiger partial charge in [0.15, 0.2) is 0 Å². The second kappa shape index (κ2) is 4.27. The first-order valence-corrected chi connectivity index (χ1v) is 6.88. The Morgan fingerprint density at radius 2 is 1.76 bits per heavy atom. The molecule has 0 spiro atoms. The Kier molecular flexibility index (Phi) is 3.23. The standard InChI is InChI=1S/C14H26N2O/c1-13(2)9-15-14(3,4)12(17)16(10-13)11-7-5-6-8-11/h11,15H,5-10H2,1-4H3. The summed E-state index contributed by atoms with van der Waals surface area (Å²) in [5.74, 6) is 0.287. The molecule has 1 N–H and O–H groups in total. The lowest BCUT2D eigenvalue weighted by Gasteiger charge is -2.35. The van der Waals surface area contributed by atoms with Crippen LogP contribution in [0.15, 0.2) is 0 Å². The summed E-state index contributed by atoms with van der Waals surface area (Å²) in [7, 11) is 0. The van der Waals surface area contributed by atoms with Gasteiger partial charge in [0.1, 0.15) is 0 Å².